The van der Waals surface area contributed by atoms with Crippen molar-refractivity contribution in [2.24, 2.45) is 5.92 Å². The van der Waals surface area contributed by atoms with Crippen LogP contribution in [0.3, 0.4) is 0 Å². The molecule has 1 aromatic carbocycles. The number of ether oxygens (including phenoxy) is 1. The molecule has 1 unspecified atom stereocenters. The van der Waals surface area contributed by atoms with Crippen LogP contribution in [0.5, 0.6) is 5.75 Å². The van der Waals surface area contributed by atoms with Crippen molar-refractivity contribution < 1.29 is 9.53 Å². The van der Waals surface area contributed by atoms with Crippen LogP contribution in [-0.2, 0) is 4.79 Å². The molecule has 1 aliphatic heterocycles. The second-order valence-electron chi connectivity index (χ2n) is 6.16. The molecule has 0 bridgehead atoms. The molecule has 1 N–H and O–H groups in total. The van der Waals surface area contributed by atoms with Gasteiger partial charge in [0.05, 0.1) is 0 Å². The van der Waals surface area contributed by atoms with Gasteiger partial charge in [0.1, 0.15) is 5.75 Å². The van der Waals surface area contributed by atoms with Gasteiger partial charge in [-0.05, 0) is 63.4 Å². The van der Waals surface area contributed by atoms with Crippen LogP contribution in [0.1, 0.15) is 31.7 Å². The number of likely N-dealkylation sites (tertiary alicyclic amines) is 1. The van der Waals surface area contributed by atoms with Crippen molar-refractivity contribution in [2.75, 3.05) is 26.7 Å². The van der Waals surface area contributed by atoms with Crippen LogP contribution in [0.2, 0.25) is 0 Å². The lowest BCUT2D eigenvalue weighted by molar-refractivity contribution is -0.140. The van der Waals surface area contributed by atoms with Crippen molar-refractivity contribution in [2.45, 2.75) is 39.2 Å². The fourth-order valence-corrected chi connectivity index (χ4v) is 3.01. The molecule has 1 amide bonds. The van der Waals surface area contributed by atoms with E-state index in [-0.39, 0.29) is 12.0 Å². The van der Waals surface area contributed by atoms with Gasteiger partial charge in [-0.3, -0.25) is 4.79 Å². The normalized spacial score (nSPS) is 17.3. The van der Waals surface area contributed by atoms with E-state index in [1.54, 1.807) is 0 Å². The second kappa shape index (κ2) is 8.18. The quantitative estimate of drug-likeness (QED) is 0.878. The molecular formula is C18H28N2O2. The van der Waals surface area contributed by atoms with E-state index in [2.05, 4.69) is 5.32 Å². The summed E-state index contributed by atoms with van der Waals surface area (Å²) in [6, 6.07) is 7.89. The number of amides is 1. The number of rotatable bonds is 6. The first-order valence-corrected chi connectivity index (χ1v) is 8.30. The minimum absolute atomic E-state index is 0.131. The summed E-state index contributed by atoms with van der Waals surface area (Å²) >= 11 is 0. The van der Waals surface area contributed by atoms with Crippen LogP contribution >= 0.6 is 0 Å². The molecule has 1 fully saturated rings. The molecule has 0 radical (unpaired) electrons. The van der Waals surface area contributed by atoms with Gasteiger partial charge in [0.2, 0.25) is 0 Å². The van der Waals surface area contributed by atoms with Crippen LogP contribution in [0.4, 0.5) is 0 Å². The van der Waals surface area contributed by atoms with Crippen molar-refractivity contribution in [3.8, 4) is 5.75 Å². The van der Waals surface area contributed by atoms with Gasteiger partial charge in [-0.1, -0.05) is 19.1 Å². The number of carbonyl (C=O) groups excluding carboxylic acids is 1. The Hall–Kier alpha value is -1.55. The van der Waals surface area contributed by atoms with E-state index in [1.807, 2.05) is 50.1 Å². The highest BCUT2D eigenvalue weighted by atomic mass is 16.5. The summed E-state index contributed by atoms with van der Waals surface area (Å²) in [5, 5.41) is 3.23. The number of aryl methyl sites for hydroxylation is 1. The van der Waals surface area contributed by atoms with E-state index in [0.29, 0.717) is 12.3 Å². The zero-order valence-corrected chi connectivity index (χ0v) is 14.0. The van der Waals surface area contributed by atoms with Crippen LogP contribution in [0.15, 0.2) is 24.3 Å². The molecule has 0 saturated carbocycles. The molecule has 0 aliphatic carbocycles. The number of piperidine rings is 1. The number of nitrogens with zero attached hydrogens (tertiary/aromatic N) is 1. The number of carbonyl (C=O) groups is 1. The third kappa shape index (κ3) is 4.47. The Morgan fingerprint density at radius 1 is 1.41 bits per heavy atom. The van der Waals surface area contributed by atoms with Crippen LogP contribution in [0, 0.1) is 12.8 Å². The topological polar surface area (TPSA) is 41.6 Å². The maximum Gasteiger partial charge on any atom is 0.263 e. The van der Waals surface area contributed by atoms with Crippen molar-refractivity contribution in [3.63, 3.8) is 0 Å². The second-order valence-corrected chi connectivity index (χ2v) is 6.16. The summed E-state index contributed by atoms with van der Waals surface area (Å²) in [7, 11) is 1.99. The van der Waals surface area contributed by atoms with Gasteiger partial charge in [0, 0.05) is 13.1 Å². The Kier molecular flexibility index (Phi) is 6.25. The molecule has 1 saturated heterocycles. The predicted octanol–water partition coefficient (Wildman–Crippen LogP) is 2.61. The zero-order valence-electron chi connectivity index (χ0n) is 14.0. The van der Waals surface area contributed by atoms with E-state index < -0.39 is 0 Å². The summed E-state index contributed by atoms with van der Waals surface area (Å²) in [5.74, 6) is 1.60. The molecule has 4 nitrogen and oxygen atoms in total. The van der Waals surface area contributed by atoms with E-state index in [9.17, 15) is 4.79 Å². The number of benzene rings is 1. The van der Waals surface area contributed by atoms with Gasteiger partial charge in [-0.25, -0.2) is 0 Å². The average molecular weight is 304 g/mol. The molecule has 0 aromatic heterocycles. The zero-order chi connectivity index (χ0) is 15.9. The maximum atomic E-state index is 12.7. The van der Waals surface area contributed by atoms with Crippen LogP contribution in [0.25, 0.3) is 0 Å². The average Bonchev–Trinajstić information content (AvgIpc) is 2.53. The molecule has 122 valence electrons. The summed E-state index contributed by atoms with van der Waals surface area (Å²) in [6.45, 7) is 6.77. The van der Waals surface area contributed by atoms with E-state index >= 15 is 0 Å². The van der Waals surface area contributed by atoms with Gasteiger partial charge in [0.15, 0.2) is 6.10 Å². The molecular weight excluding hydrogens is 276 g/mol. The number of hydrogen-bond donors (Lipinski definition) is 1. The predicted molar refractivity (Wildman–Crippen MR) is 89.1 cm³/mol. The van der Waals surface area contributed by atoms with Crippen molar-refractivity contribution in [1.82, 2.24) is 10.2 Å². The standard InChI is InChI=1S/C18H28N2O2/c1-4-17(22-16-7-5-6-14(2)12-16)18(21)20-10-8-15(9-11-20)13-19-3/h5-7,12,15,17,19H,4,8-11,13H2,1-3H3. The molecule has 1 aliphatic rings. The molecule has 1 heterocycles. The monoisotopic (exact) mass is 304 g/mol. The first-order valence-electron chi connectivity index (χ1n) is 8.30. The highest BCUT2D eigenvalue weighted by Gasteiger charge is 2.28. The largest absolute Gasteiger partial charge is 0.481 e. The van der Waals surface area contributed by atoms with Crippen LogP contribution < -0.4 is 10.1 Å². The van der Waals surface area contributed by atoms with Gasteiger partial charge in [0.25, 0.3) is 5.91 Å². The highest BCUT2D eigenvalue weighted by Crippen LogP contribution is 2.20. The Bertz CT molecular complexity index is 482. The first-order chi connectivity index (χ1) is 10.6. The van der Waals surface area contributed by atoms with E-state index in [0.717, 1.165) is 43.8 Å². The minimum atomic E-state index is -0.373. The molecule has 22 heavy (non-hydrogen) atoms. The van der Waals surface area contributed by atoms with Gasteiger partial charge >= 0.3 is 0 Å². The van der Waals surface area contributed by atoms with Gasteiger partial charge < -0.3 is 15.0 Å². The maximum absolute atomic E-state index is 12.7. The number of hydrogen-bond acceptors (Lipinski definition) is 3. The fraction of sp³-hybridized carbons (Fsp3) is 0.611. The first kappa shape index (κ1) is 16.8. The van der Waals surface area contributed by atoms with Crippen LogP contribution in [-0.4, -0.2) is 43.6 Å². The number of nitrogens with one attached hydrogen (secondary N) is 1. The lowest BCUT2D eigenvalue weighted by atomic mass is 9.96. The molecule has 2 rings (SSSR count). The molecule has 1 atom stereocenters. The summed E-state index contributed by atoms with van der Waals surface area (Å²) in [4.78, 5) is 14.6. The smallest absolute Gasteiger partial charge is 0.263 e. The molecule has 0 spiro atoms. The lowest BCUT2D eigenvalue weighted by Crippen LogP contribution is -2.46. The minimum Gasteiger partial charge on any atom is -0.481 e. The van der Waals surface area contributed by atoms with E-state index in [1.165, 1.54) is 0 Å². The van der Waals surface area contributed by atoms with Gasteiger partial charge in [-0.2, -0.15) is 0 Å². The SMILES string of the molecule is CCC(Oc1cccc(C)c1)C(=O)N1CCC(CNC)CC1. The Morgan fingerprint density at radius 3 is 2.73 bits per heavy atom. The summed E-state index contributed by atoms with van der Waals surface area (Å²) < 4.78 is 5.93. The molecule has 1 aromatic rings. The summed E-state index contributed by atoms with van der Waals surface area (Å²) in [6.07, 6.45) is 2.48. The van der Waals surface area contributed by atoms with Crippen molar-refractivity contribution in [3.05, 3.63) is 29.8 Å². The fourth-order valence-electron chi connectivity index (χ4n) is 3.01. The lowest BCUT2D eigenvalue weighted by Gasteiger charge is -2.34. The van der Waals surface area contributed by atoms with E-state index in [4.69, 9.17) is 4.74 Å². The van der Waals surface area contributed by atoms with Crippen molar-refractivity contribution in [1.29, 1.82) is 0 Å². The Morgan fingerprint density at radius 2 is 2.14 bits per heavy atom. The van der Waals surface area contributed by atoms with Gasteiger partial charge in [-0.15, -0.1) is 0 Å². The van der Waals surface area contributed by atoms with Crippen molar-refractivity contribution >= 4 is 5.91 Å². The highest BCUT2D eigenvalue weighted by molar-refractivity contribution is 5.81. The summed E-state index contributed by atoms with van der Waals surface area (Å²) in [5.41, 5.74) is 1.15. The molecule has 4 heteroatoms. The third-order valence-corrected chi connectivity index (χ3v) is 4.33. The third-order valence-electron chi connectivity index (χ3n) is 4.33. The Balaban J connectivity index is 1.92. The Labute approximate surface area is 133 Å².